The van der Waals surface area contributed by atoms with Crippen molar-refractivity contribution in [3.63, 3.8) is 0 Å². The van der Waals surface area contributed by atoms with Crippen molar-refractivity contribution in [3.05, 3.63) is 70.8 Å². The van der Waals surface area contributed by atoms with E-state index in [4.69, 9.17) is 4.74 Å². The van der Waals surface area contributed by atoms with Crippen LogP contribution in [0.25, 0.3) is 6.08 Å². The van der Waals surface area contributed by atoms with Gasteiger partial charge in [-0.25, -0.2) is 8.78 Å². The van der Waals surface area contributed by atoms with Crippen molar-refractivity contribution >= 4 is 6.08 Å². The van der Waals surface area contributed by atoms with Gasteiger partial charge in [0.1, 0.15) is 24.0 Å². The van der Waals surface area contributed by atoms with Crippen molar-refractivity contribution < 1.29 is 26.7 Å². The minimum absolute atomic E-state index is 0.0853. The largest absolute Gasteiger partial charge is 0.489 e. The summed E-state index contributed by atoms with van der Waals surface area (Å²) in [6.07, 6.45) is 1.68. The average Bonchev–Trinajstić information content (AvgIpc) is 2.71. The second kappa shape index (κ2) is 9.63. The number of ether oxygens (including phenoxy) is 1. The molecule has 2 aromatic carbocycles. The molecule has 0 saturated heterocycles. The predicted octanol–water partition coefficient (Wildman–Crippen LogP) is 7.80. The van der Waals surface area contributed by atoms with E-state index >= 15 is 0 Å². The molecule has 1 aliphatic carbocycles. The summed E-state index contributed by atoms with van der Waals surface area (Å²) >= 11 is 0. The molecule has 0 aromatic heterocycles. The van der Waals surface area contributed by atoms with Crippen molar-refractivity contribution in [2.75, 3.05) is 0 Å². The summed E-state index contributed by atoms with van der Waals surface area (Å²) in [6, 6.07) is 9.71. The van der Waals surface area contributed by atoms with Crippen molar-refractivity contribution in [3.8, 4) is 5.75 Å². The molecule has 0 heterocycles. The molecule has 1 nitrogen and oxygen atoms in total. The van der Waals surface area contributed by atoms with Crippen LogP contribution in [0.5, 0.6) is 5.75 Å². The summed E-state index contributed by atoms with van der Waals surface area (Å²) in [7, 11) is 0. The molecule has 2 aromatic rings. The normalized spacial score (nSPS) is 19.9. The number of alkyl halides is 3. The Bertz CT molecular complexity index is 839. The number of halogens is 5. The minimum atomic E-state index is -4.64. The Labute approximate surface area is 173 Å². The molecular formula is C24H25F5O. The van der Waals surface area contributed by atoms with Crippen LogP contribution in [0, 0.1) is 17.6 Å². The highest BCUT2D eigenvalue weighted by Crippen LogP contribution is 2.37. The summed E-state index contributed by atoms with van der Waals surface area (Å²) < 4.78 is 70.3. The molecule has 0 amide bonds. The minimum Gasteiger partial charge on any atom is -0.489 e. The first-order valence-electron chi connectivity index (χ1n) is 10.2. The fourth-order valence-electron chi connectivity index (χ4n) is 3.96. The standard InChI is InChI=1S/C24H25F5O/c1-2-16-3-5-18(6-4-16)19-7-9-20(10-8-19)30-15-17-13-22(25)21(23(26)14-17)11-12-24(27,28)29/h7-14,16,18H,2-6,15H2,1H3. The lowest BCUT2D eigenvalue weighted by atomic mass is 9.78. The van der Waals surface area contributed by atoms with Crippen LogP contribution in [-0.2, 0) is 6.61 Å². The number of hydrogen-bond acceptors (Lipinski definition) is 1. The van der Waals surface area contributed by atoms with Crippen LogP contribution in [-0.4, -0.2) is 6.18 Å². The lowest BCUT2D eigenvalue weighted by Gasteiger charge is -2.28. The van der Waals surface area contributed by atoms with E-state index in [0.29, 0.717) is 17.7 Å². The van der Waals surface area contributed by atoms with Crippen molar-refractivity contribution in [1.29, 1.82) is 0 Å². The Morgan fingerprint density at radius 2 is 1.57 bits per heavy atom. The number of allylic oxidation sites excluding steroid dienone is 1. The van der Waals surface area contributed by atoms with Gasteiger partial charge >= 0.3 is 6.18 Å². The van der Waals surface area contributed by atoms with Gasteiger partial charge in [-0.05, 0) is 79.0 Å². The van der Waals surface area contributed by atoms with Crippen LogP contribution >= 0.6 is 0 Å². The van der Waals surface area contributed by atoms with Gasteiger partial charge in [-0.15, -0.1) is 0 Å². The van der Waals surface area contributed by atoms with Crippen LogP contribution in [0.3, 0.4) is 0 Å². The van der Waals surface area contributed by atoms with E-state index in [9.17, 15) is 22.0 Å². The first-order valence-corrected chi connectivity index (χ1v) is 10.2. The molecule has 162 valence electrons. The molecule has 0 aliphatic heterocycles. The lowest BCUT2D eigenvalue weighted by Crippen LogP contribution is -2.12. The number of rotatable bonds is 6. The fraction of sp³-hybridized carbons (Fsp3) is 0.417. The molecule has 0 N–H and O–H groups in total. The van der Waals surface area contributed by atoms with Crippen molar-refractivity contribution in [2.24, 2.45) is 5.92 Å². The van der Waals surface area contributed by atoms with Crippen LogP contribution < -0.4 is 4.74 Å². The summed E-state index contributed by atoms with van der Waals surface area (Å²) in [5, 5.41) is 0. The van der Waals surface area contributed by atoms with Gasteiger partial charge < -0.3 is 4.74 Å². The molecule has 0 unspecified atom stereocenters. The summed E-state index contributed by atoms with van der Waals surface area (Å²) in [4.78, 5) is 0. The monoisotopic (exact) mass is 424 g/mol. The Morgan fingerprint density at radius 1 is 0.967 bits per heavy atom. The van der Waals surface area contributed by atoms with Crippen molar-refractivity contribution in [1.82, 2.24) is 0 Å². The maximum absolute atomic E-state index is 14.0. The highest BCUT2D eigenvalue weighted by atomic mass is 19.4. The van der Waals surface area contributed by atoms with E-state index in [2.05, 4.69) is 6.92 Å². The molecular weight excluding hydrogens is 399 g/mol. The first kappa shape index (κ1) is 22.3. The second-order valence-electron chi connectivity index (χ2n) is 7.83. The SMILES string of the molecule is CCC1CCC(c2ccc(OCc3cc(F)c(C=CC(F)(F)F)c(F)c3)cc2)CC1. The fourth-order valence-corrected chi connectivity index (χ4v) is 3.96. The molecule has 3 rings (SSSR count). The Kier molecular flexibility index (Phi) is 7.16. The van der Waals surface area contributed by atoms with Gasteiger partial charge in [-0.3, -0.25) is 0 Å². The lowest BCUT2D eigenvalue weighted by molar-refractivity contribution is -0.0790. The highest BCUT2D eigenvalue weighted by Gasteiger charge is 2.23. The first-order chi connectivity index (χ1) is 14.2. The van der Waals surface area contributed by atoms with E-state index in [1.165, 1.54) is 37.7 Å². The second-order valence-corrected chi connectivity index (χ2v) is 7.83. The van der Waals surface area contributed by atoms with E-state index < -0.39 is 23.4 Å². The average molecular weight is 424 g/mol. The van der Waals surface area contributed by atoms with E-state index in [1.807, 2.05) is 24.3 Å². The predicted molar refractivity (Wildman–Crippen MR) is 107 cm³/mol. The van der Waals surface area contributed by atoms with Gasteiger partial charge in [0.15, 0.2) is 0 Å². The number of benzene rings is 2. The van der Waals surface area contributed by atoms with Crippen LogP contribution in [0.15, 0.2) is 42.5 Å². The summed E-state index contributed by atoms with van der Waals surface area (Å²) in [5.41, 5.74) is 0.754. The molecule has 0 radical (unpaired) electrons. The van der Waals surface area contributed by atoms with Gasteiger partial charge in [-0.1, -0.05) is 25.5 Å². The molecule has 30 heavy (non-hydrogen) atoms. The maximum atomic E-state index is 14.0. The summed E-state index contributed by atoms with van der Waals surface area (Å²) in [5.74, 6) is -0.163. The van der Waals surface area contributed by atoms with Crippen LogP contribution in [0.1, 0.15) is 61.6 Å². The maximum Gasteiger partial charge on any atom is 0.409 e. The smallest absolute Gasteiger partial charge is 0.409 e. The van der Waals surface area contributed by atoms with Gasteiger partial charge in [0.05, 0.1) is 0 Å². The van der Waals surface area contributed by atoms with Crippen molar-refractivity contribution in [2.45, 2.75) is 57.7 Å². The molecule has 0 atom stereocenters. The zero-order valence-corrected chi connectivity index (χ0v) is 16.8. The molecule has 1 fully saturated rings. The quantitative estimate of drug-likeness (QED) is 0.430. The third-order valence-electron chi connectivity index (χ3n) is 5.76. The zero-order chi connectivity index (χ0) is 21.7. The molecule has 1 aliphatic rings. The third kappa shape index (κ3) is 6.07. The van der Waals surface area contributed by atoms with Gasteiger partial charge in [-0.2, -0.15) is 13.2 Å². The van der Waals surface area contributed by atoms with Gasteiger partial charge in [0.25, 0.3) is 0 Å². The van der Waals surface area contributed by atoms with E-state index in [-0.39, 0.29) is 18.2 Å². The summed E-state index contributed by atoms with van der Waals surface area (Å²) in [6.45, 7) is 2.15. The molecule has 0 bridgehead atoms. The van der Waals surface area contributed by atoms with E-state index in [1.54, 1.807) is 0 Å². The van der Waals surface area contributed by atoms with Crippen LogP contribution in [0.4, 0.5) is 22.0 Å². The topological polar surface area (TPSA) is 9.23 Å². The molecule has 6 heteroatoms. The third-order valence-corrected chi connectivity index (χ3v) is 5.76. The molecule has 0 spiro atoms. The van der Waals surface area contributed by atoms with E-state index in [0.717, 1.165) is 18.1 Å². The number of hydrogen-bond donors (Lipinski definition) is 0. The van der Waals surface area contributed by atoms with Gasteiger partial charge in [0, 0.05) is 11.6 Å². The zero-order valence-electron chi connectivity index (χ0n) is 16.8. The Balaban J connectivity index is 1.60. The Hall–Kier alpha value is -2.37. The molecule has 1 saturated carbocycles. The Morgan fingerprint density at radius 3 is 2.10 bits per heavy atom. The van der Waals surface area contributed by atoms with Crippen LogP contribution in [0.2, 0.25) is 0 Å². The van der Waals surface area contributed by atoms with Gasteiger partial charge in [0.2, 0.25) is 0 Å². The highest BCUT2D eigenvalue weighted by molar-refractivity contribution is 5.52.